The fourth-order valence-electron chi connectivity index (χ4n) is 2.31. The van der Waals surface area contributed by atoms with Gasteiger partial charge in [0.15, 0.2) is 11.6 Å². The summed E-state index contributed by atoms with van der Waals surface area (Å²) < 4.78 is 26.3. The van der Waals surface area contributed by atoms with Crippen molar-refractivity contribution in [2.24, 2.45) is 0 Å². The van der Waals surface area contributed by atoms with E-state index in [1.54, 1.807) is 0 Å². The molecule has 0 unspecified atom stereocenters. The van der Waals surface area contributed by atoms with Crippen molar-refractivity contribution >= 4 is 35.0 Å². The number of nitrogens with zero attached hydrogens (tertiary/aromatic N) is 1. The number of nitro groups is 1. The largest absolute Gasteiger partial charge is 0.340 e. The minimum absolute atomic E-state index is 0.0315. The van der Waals surface area contributed by atoms with Gasteiger partial charge in [0.1, 0.15) is 6.04 Å². The lowest BCUT2D eigenvalue weighted by Crippen LogP contribution is -2.44. The van der Waals surface area contributed by atoms with Crippen molar-refractivity contribution < 1.29 is 23.3 Å². The molecule has 2 amide bonds. The Morgan fingerprint density at radius 1 is 1.18 bits per heavy atom. The molecule has 0 bridgehead atoms. The summed E-state index contributed by atoms with van der Waals surface area (Å²) >= 11 is 1.46. The smallest absolute Gasteiger partial charge is 0.270 e. The molecule has 0 saturated carbocycles. The Kier molecular flexibility index (Phi) is 7.44. The third kappa shape index (κ3) is 5.74. The van der Waals surface area contributed by atoms with Crippen molar-refractivity contribution in [2.45, 2.75) is 12.5 Å². The predicted molar refractivity (Wildman–Crippen MR) is 102 cm³/mol. The van der Waals surface area contributed by atoms with Crippen molar-refractivity contribution in [3.63, 3.8) is 0 Å². The summed E-state index contributed by atoms with van der Waals surface area (Å²) in [5.74, 6) is -2.88. The van der Waals surface area contributed by atoms with E-state index in [0.29, 0.717) is 5.75 Å². The lowest BCUT2D eigenvalue weighted by atomic mass is 10.1. The number of thioether (sulfide) groups is 1. The number of halogens is 2. The summed E-state index contributed by atoms with van der Waals surface area (Å²) in [5, 5.41) is 15.8. The summed E-state index contributed by atoms with van der Waals surface area (Å²) in [6, 6.07) is 7.06. The standard InChI is InChI=1S/C18H17F2N3O4S/c1-28-8-7-16(18(25)21-12-5-6-14(19)15(20)10-12)22-17(24)11-3-2-4-13(9-11)23(26)27/h2-6,9-10,16H,7-8H2,1H3,(H,21,25)(H,22,24)/t16-/m0/s1. The molecule has 1 atom stereocenters. The molecule has 28 heavy (non-hydrogen) atoms. The number of nitro benzene ring substituents is 1. The first-order valence-corrected chi connectivity index (χ1v) is 9.51. The van der Waals surface area contributed by atoms with Crippen LogP contribution in [0.15, 0.2) is 42.5 Å². The number of carbonyl (C=O) groups is 2. The SMILES string of the molecule is CSCC[C@H](NC(=O)c1cccc([N+](=O)[O-])c1)C(=O)Nc1ccc(F)c(F)c1. The minimum atomic E-state index is -1.11. The molecule has 10 heteroatoms. The van der Waals surface area contributed by atoms with Crippen LogP contribution in [0.2, 0.25) is 0 Å². The van der Waals surface area contributed by atoms with Crippen LogP contribution in [0.4, 0.5) is 20.2 Å². The Bertz CT molecular complexity index is 895. The Balaban J connectivity index is 2.14. The number of amides is 2. The van der Waals surface area contributed by atoms with Gasteiger partial charge >= 0.3 is 0 Å². The van der Waals surface area contributed by atoms with Crippen LogP contribution in [-0.4, -0.2) is 34.8 Å². The maximum Gasteiger partial charge on any atom is 0.270 e. The quantitative estimate of drug-likeness (QED) is 0.514. The molecule has 0 aromatic heterocycles. The van der Waals surface area contributed by atoms with Gasteiger partial charge in [0.05, 0.1) is 4.92 Å². The molecule has 0 spiro atoms. The van der Waals surface area contributed by atoms with E-state index in [-0.39, 0.29) is 23.4 Å². The number of benzene rings is 2. The van der Waals surface area contributed by atoms with Gasteiger partial charge < -0.3 is 10.6 Å². The zero-order valence-corrected chi connectivity index (χ0v) is 15.6. The van der Waals surface area contributed by atoms with Crippen LogP contribution in [0.1, 0.15) is 16.8 Å². The van der Waals surface area contributed by atoms with Gasteiger partial charge in [-0.3, -0.25) is 19.7 Å². The average Bonchev–Trinajstić information content (AvgIpc) is 2.67. The fourth-order valence-corrected chi connectivity index (χ4v) is 2.78. The molecule has 2 N–H and O–H groups in total. The second kappa shape index (κ2) is 9.79. The normalized spacial score (nSPS) is 11.5. The van der Waals surface area contributed by atoms with Crippen molar-refractivity contribution in [3.05, 3.63) is 69.8 Å². The number of hydrogen-bond donors (Lipinski definition) is 2. The molecule has 2 aromatic rings. The zero-order valence-electron chi connectivity index (χ0n) is 14.8. The molecule has 0 radical (unpaired) electrons. The van der Waals surface area contributed by atoms with E-state index in [2.05, 4.69) is 10.6 Å². The van der Waals surface area contributed by atoms with Crippen LogP contribution >= 0.6 is 11.8 Å². The van der Waals surface area contributed by atoms with E-state index in [1.165, 1.54) is 36.0 Å². The molecular formula is C18H17F2N3O4S. The second-order valence-electron chi connectivity index (χ2n) is 5.73. The number of hydrogen-bond acceptors (Lipinski definition) is 5. The number of non-ortho nitro benzene ring substituents is 1. The Hall–Kier alpha value is -3.01. The molecule has 0 aliphatic carbocycles. The van der Waals surface area contributed by atoms with Crippen LogP contribution in [0.5, 0.6) is 0 Å². The highest BCUT2D eigenvalue weighted by Gasteiger charge is 2.22. The van der Waals surface area contributed by atoms with Gasteiger partial charge in [-0.25, -0.2) is 8.78 Å². The zero-order chi connectivity index (χ0) is 20.7. The molecule has 0 fully saturated rings. The highest BCUT2D eigenvalue weighted by Crippen LogP contribution is 2.16. The van der Waals surface area contributed by atoms with E-state index < -0.39 is 34.4 Å². The number of rotatable bonds is 8. The lowest BCUT2D eigenvalue weighted by Gasteiger charge is -2.18. The van der Waals surface area contributed by atoms with Gasteiger partial charge in [-0.15, -0.1) is 0 Å². The number of nitrogens with one attached hydrogen (secondary N) is 2. The van der Waals surface area contributed by atoms with Gasteiger partial charge in [0.2, 0.25) is 5.91 Å². The average molecular weight is 409 g/mol. The Morgan fingerprint density at radius 3 is 2.57 bits per heavy atom. The van der Waals surface area contributed by atoms with Crippen LogP contribution in [0.25, 0.3) is 0 Å². The van der Waals surface area contributed by atoms with Gasteiger partial charge in [-0.2, -0.15) is 11.8 Å². The van der Waals surface area contributed by atoms with Crippen LogP contribution in [0, 0.1) is 21.7 Å². The van der Waals surface area contributed by atoms with Crippen LogP contribution in [-0.2, 0) is 4.79 Å². The molecule has 7 nitrogen and oxygen atoms in total. The summed E-state index contributed by atoms with van der Waals surface area (Å²) in [4.78, 5) is 35.1. The van der Waals surface area contributed by atoms with Crippen molar-refractivity contribution in [3.8, 4) is 0 Å². The van der Waals surface area contributed by atoms with E-state index in [9.17, 15) is 28.5 Å². The van der Waals surface area contributed by atoms with E-state index >= 15 is 0 Å². The molecule has 0 aliphatic heterocycles. The van der Waals surface area contributed by atoms with E-state index in [0.717, 1.165) is 18.2 Å². The highest BCUT2D eigenvalue weighted by atomic mass is 32.2. The van der Waals surface area contributed by atoms with Gasteiger partial charge in [0.25, 0.3) is 11.6 Å². The Labute approximate surface area is 163 Å². The van der Waals surface area contributed by atoms with Crippen molar-refractivity contribution in [2.75, 3.05) is 17.3 Å². The van der Waals surface area contributed by atoms with Crippen molar-refractivity contribution in [1.82, 2.24) is 5.32 Å². The monoisotopic (exact) mass is 409 g/mol. The van der Waals surface area contributed by atoms with Gasteiger partial charge in [-0.05, 0) is 36.6 Å². The minimum Gasteiger partial charge on any atom is -0.340 e. The first-order valence-electron chi connectivity index (χ1n) is 8.12. The lowest BCUT2D eigenvalue weighted by molar-refractivity contribution is -0.384. The predicted octanol–water partition coefficient (Wildman–Crippen LogP) is 3.36. The molecular weight excluding hydrogens is 392 g/mol. The van der Waals surface area contributed by atoms with Gasteiger partial charge in [-0.1, -0.05) is 6.07 Å². The van der Waals surface area contributed by atoms with Gasteiger partial charge in [0, 0.05) is 29.4 Å². The Morgan fingerprint density at radius 2 is 1.93 bits per heavy atom. The maximum absolute atomic E-state index is 13.3. The topological polar surface area (TPSA) is 101 Å². The third-order valence-corrected chi connectivity index (χ3v) is 4.38. The molecule has 0 heterocycles. The highest BCUT2D eigenvalue weighted by molar-refractivity contribution is 7.98. The summed E-state index contributed by atoms with van der Waals surface area (Å²) in [6.45, 7) is 0. The summed E-state index contributed by atoms with van der Waals surface area (Å²) in [6.07, 6.45) is 2.10. The molecule has 0 saturated heterocycles. The van der Waals surface area contributed by atoms with Crippen LogP contribution < -0.4 is 10.6 Å². The number of carbonyl (C=O) groups excluding carboxylic acids is 2. The van der Waals surface area contributed by atoms with E-state index in [1.807, 2.05) is 6.26 Å². The molecule has 0 aliphatic rings. The van der Waals surface area contributed by atoms with Crippen LogP contribution in [0.3, 0.4) is 0 Å². The molecule has 2 rings (SSSR count). The fraction of sp³-hybridized carbons (Fsp3) is 0.222. The summed E-state index contributed by atoms with van der Waals surface area (Å²) in [7, 11) is 0. The molecule has 148 valence electrons. The summed E-state index contributed by atoms with van der Waals surface area (Å²) in [5.41, 5.74) is -0.175. The van der Waals surface area contributed by atoms with E-state index in [4.69, 9.17) is 0 Å². The first kappa shape index (κ1) is 21.3. The van der Waals surface area contributed by atoms with Crippen molar-refractivity contribution in [1.29, 1.82) is 0 Å². The third-order valence-electron chi connectivity index (χ3n) is 3.74. The first-order chi connectivity index (χ1) is 13.3. The second-order valence-corrected chi connectivity index (χ2v) is 6.72. The number of anilines is 1. The maximum atomic E-state index is 13.3. The molecule has 2 aromatic carbocycles.